The third-order valence-electron chi connectivity index (χ3n) is 5.93. The van der Waals surface area contributed by atoms with Crippen molar-refractivity contribution >= 4 is 35.0 Å². The number of benzene rings is 3. The zero-order valence-electron chi connectivity index (χ0n) is 20.3. The van der Waals surface area contributed by atoms with Crippen LogP contribution < -0.4 is 5.32 Å². The zero-order valence-corrected chi connectivity index (χ0v) is 21.8. The summed E-state index contributed by atoms with van der Waals surface area (Å²) in [6.07, 6.45) is 2.45. The number of carbonyl (C=O) groups is 2. The fourth-order valence-electron chi connectivity index (χ4n) is 3.88. The van der Waals surface area contributed by atoms with Crippen LogP contribution in [-0.2, 0) is 29.0 Å². The van der Waals surface area contributed by atoms with E-state index in [0.29, 0.717) is 23.0 Å². The molecule has 0 aliphatic carbocycles. The number of hydrogen-bond donors (Lipinski definition) is 1. The monoisotopic (exact) mass is 510 g/mol. The van der Waals surface area contributed by atoms with Crippen molar-refractivity contribution in [1.29, 1.82) is 0 Å². The molecule has 0 aromatic heterocycles. The van der Waals surface area contributed by atoms with Gasteiger partial charge in [-0.1, -0.05) is 103 Å². The van der Waals surface area contributed by atoms with Crippen molar-refractivity contribution in [3.63, 3.8) is 0 Å². The summed E-state index contributed by atoms with van der Waals surface area (Å²) in [5.41, 5.74) is 3.76. The molecule has 184 valence electrons. The van der Waals surface area contributed by atoms with Gasteiger partial charge in [0, 0.05) is 29.6 Å². The summed E-state index contributed by atoms with van der Waals surface area (Å²) in [4.78, 5) is 28.8. The largest absolute Gasteiger partial charge is 0.354 e. The molecular weight excluding hydrogens is 479 g/mol. The van der Waals surface area contributed by atoms with Gasteiger partial charge < -0.3 is 10.2 Å². The third kappa shape index (κ3) is 8.12. The summed E-state index contributed by atoms with van der Waals surface area (Å²) in [5.74, 6) is -0.295. The molecule has 0 bridgehead atoms. The van der Waals surface area contributed by atoms with Gasteiger partial charge in [-0.2, -0.15) is 0 Å². The molecule has 0 radical (unpaired) electrons. The van der Waals surface area contributed by atoms with Crippen LogP contribution in [0.5, 0.6) is 0 Å². The van der Waals surface area contributed by atoms with Gasteiger partial charge in [-0.25, -0.2) is 0 Å². The average Bonchev–Trinajstić information content (AvgIpc) is 2.84. The van der Waals surface area contributed by atoms with Gasteiger partial charge in [-0.3, -0.25) is 9.59 Å². The second-order valence-corrected chi connectivity index (χ2v) is 9.61. The van der Waals surface area contributed by atoms with Gasteiger partial charge in [0.2, 0.25) is 11.8 Å². The van der Waals surface area contributed by atoms with Crippen molar-refractivity contribution in [3.8, 4) is 0 Å². The van der Waals surface area contributed by atoms with Crippen molar-refractivity contribution in [1.82, 2.24) is 10.2 Å². The average molecular weight is 511 g/mol. The normalized spacial score (nSPS) is 11.7. The van der Waals surface area contributed by atoms with E-state index in [1.165, 1.54) is 0 Å². The molecule has 0 fully saturated rings. The molecule has 3 rings (SSSR count). The summed E-state index contributed by atoms with van der Waals surface area (Å²) < 4.78 is 0. The van der Waals surface area contributed by atoms with Crippen LogP contribution in [-0.4, -0.2) is 29.3 Å². The molecule has 0 saturated heterocycles. The fourth-order valence-corrected chi connectivity index (χ4v) is 4.34. The maximum Gasteiger partial charge on any atom is 0.243 e. The van der Waals surface area contributed by atoms with Crippen LogP contribution in [0.25, 0.3) is 0 Å². The molecule has 3 aromatic rings. The van der Waals surface area contributed by atoms with Gasteiger partial charge in [0.15, 0.2) is 0 Å². The predicted octanol–water partition coefficient (Wildman–Crippen LogP) is 6.40. The Balaban J connectivity index is 1.96. The standard InChI is InChI=1S/C29H32Cl2N2O2/c1-3-4-16-32-29(35)27(17-22-8-6-5-7-9-22)33(20-24-14-15-25(30)19-26(24)31)28(34)18-23-12-10-21(2)11-13-23/h5-15,19,27H,3-4,16-18,20H2,1-2H3,(H,32,35)/t27-/m1/s1. The first-order valence-electron chi connectivity index (χ1n) is 12.0. The van der Waals surface area contributed by atoms with E-state index in [2.05, 4.69) is 12.2 Å². The minimum absolute atomic E-state index is 0.133. The first-order valence-corrected chi connectivity index (χ1v) is 12.7. The first-order chi connectivity index (χ1) is 16.9. The van der Waals surface area contributed by atoms with Gasteiger partial charge in [0.25, 0.3) is 0 Å². The van der Waals surface area contributed by atoms with Crippen LogP contribution >= 0.6 is 23.2 Å². The minimum Gasteiger partial charge on any atom is -0.354 e. The molecule has 0 saturated carbocycles. The van der Waals surface area contributed by atoms with Crippen molar-refractivity contribution in [2.45, 2.75) is 52.1 Å². The molecule has 6 heteroatoms. The topological polar surface area (TPSA) is 49.4 Å². The van der Waals surface area contributed by atoms with Crippen molar-refractivity contribution < 1.29 is 9.59 Å². The molecule has 2 amide bonds. The molecule has 1 atom stereocenters. The number of nitrogens with zero attached hydrogens (tertiary/aromatic N) is 1. The lowest BCUT2D eigenvalue weighted by molar-refractivity contribution is -0.140. The minimum atomic E-state index is -0.682. The Morgan fingerprint density at radius 2 is 1.66 bits per heavy atom. The van der Waals surface area contributed by atoms with Crippen LogP contribution in [0.4, 0.5) is 0 Å². The van der Waals surface area contributed by atoms with E-state index < -0.39 is 6.04 Å². The SMILES string of the molecule is CCCCNC(=O)[C@@H](Cc1ccccc1)N(Cc1ccc(Cl)cc1Cl)C(=O)Cc1ccc(C)cc1. The molecule has 0 aliphatic rings. The Bertz CT molecular complexity index is 1120. The first kappa shape index (κ1) is 26.8. The maximum atomic E-state index is 13.7. The lowest BCUT2D eigenvalue weighted by Gasteiger charge is -2.32. The number of halogens is 2. The van der Waals surface area contributed by atoms with Gasteiger partial charge >= 0.3 is 0 Å². The molecule has 35 heavy (non-hydrogen) atoms. The third-order valence-corrected chi connectivity index (χ3v) is 6.52. The van der Waals surface area contributed by atoms with Gasteiger partial charge in [0.1, 0.15) is 6.04 Å². The quantitative estimate of drug-likeness (QED) is 0.303. The number of unbranched alkanes of at least 4 members (excludes halogenated alkanes) is 1. The highest BCUT2D eigenvalue weighted by Crippen LogP contribution is 2.24. The van der Waals surface area contributed by atoms with E-state index in [0.717, 1.165) is 35.1 Å². The van der Waals surface area contributed by atoms with E-state index in [1.807, 2.05) is 67.6 Å². The van der Waals surface area contributed by atoms with Crippen molar-refractivity contribution in [2.24, 2.45) is 0 Å². The van der Waals surface area contributed by atoms with E-state index >= 15 is 0 Å². The molecule has 0 unspecified atom stereocenters. The second kappa shape index (κ2) is 13.3. The van der Waals surface area contributed by atoms with Crippen molar-refractivity contribution in [2.75, 3.05) is 6.54 Å². The Hall–Kier alpha value is -2.82. The molecule has 0 heterocycles. The number of carbonyl (C=O) groups excluding carboxylic acids is 2. The van der Waals surface area contributed by atoms with Crippen LogP contribution in [0.2, 0.25) is 10.0 Å². The van der Waals surface area contributed by atoms with Gasteiger partial charge in [0.05, 0.1) is 6.42 Å². The number of amides is 2. The maximum absolute atomic E-state index is 13.7. The summed E-state index contributed by atoms with van der Waals surface area (Å²) in [5, 5.41) is 4.02. The second-order valence-electron chi connectivity index (χ2n) is 8.77. The van der Waals surface area contributed by atoms with E-state index in [4.69, 9.17) is 23.2 Å². The highest BCUT2D eigenvalue weighted by atomic mass is 35.5. The Morgan fingerprint density at radius 1 is 0.943 bits per heavy atom. The summed E-state index contributed by atoms with van der Waals surface area (Å²) >= 11 is 12.6. The fraction of sp³-hybridized carbons (Fsp3) is 0.310. The Morgan fingerprint density at radius 3 is 2.31 bits per heavy atom. The summed E-state index contributed by atoms with van der Waals surface area (Å²) in [6, 6.07) is 22.2. The number of aryl methyl sites for hydroxylation is 1. The summed E-state index contributed by atoms with van der Waals surface area (Å²) in [6.45, 7) is 4.87. The molecular formula is C29H32Cl2N2O2. The molecule has 0 spiro atoms. The lowest BCUT2D eigenvalue weighted by atomic mass is 10.0. The van der Waals surface area contributed by atoms with E-state index in [1.54, 1.807) is 17.0 Å². The number of hydrogen-bond acceptors (Lipinski definition) is 2. The van der Waals surface area contributed by atoms with Crippen LogP contribution in [0, 0.1) is 6.92 Å². The zero-order chi connectivity index (χ0) is 25.2. The number of nitrogens with one attached hydrogen (secondary N) is 1. The Labute approximate surface area is 218 Å². The highest BCUT2D eigenvalue weighted by Gasteiger charge is 2.30. The lowest BCUT2D eigenvalue weighted by Crippen LogP contribution is -2.51. The van der Waals surface area contributed by atoms with E-state index in [9.17, 15) is 9.59 Å². The van der Waals surface area contributed by atoms with Crippen LogP contribution in [0.15, 0.2) is 72.8 Å². The van der Waals surface area contributed by atoms with Gasteiger partial charge in [-0.05, 0) is 42.2 Å². The molecule has 4 nitrogen and oxygen atoms in total. The van der Waals surface area contributed by atoms with Gasteiger partial charge in [-0.15, -0.1) is 0 Å². The van der Waals surface area contributed by atoms with Crippen molar-refractivity contribution in [3.05, 3.63) is 105 Å². The molecule has 3 aromatic carbocycles. The predicted molar refractivity (Wildman–Crippen MR) is 144 cm³/mol. The summed E-state index contributed by atoms with van der Waals surface area (Å²) in [7, 11) is 0. The smallest absolute Gasteiger partial charge is 0.243 e. The highest BCUT2D eigenvalue weighted by molar-refractivity contribution is 6.35. The van der Waals surface area contributed by atoms with Crippen LogP contribution in [0.3, 0.4) is 0 Å². The Kier molecular flexibility index (Phi) is 10.2. The van der Waals surface area contributed by atoms with Crippen LogP contribution in [0.1, 0.15) is 42.0 Å². The molecule has 0 aliphatic heterocycles. The molecule has 1 N–H and O–H groups in total. The van der Waals surface area contributed by atoms with E-state index in [-0.39, 0.29) is 24.8 Å². The number of rotatable bonds is 11.